The van der Waals surface area contributed by atoms with E-state index in [1.807, 2.05) is 6.92 Å². The normalized spacial score (nSPS) is 30.0. The van der Waals surface area contributed by atoms with E-state index in [0.29, 0.717) is 11.8 Å². The molecule has 7 aliphatic heterocycles. The second kappa shape index (κ2) is 24.7. The fourth-order valence-corrected chi connectivity index (χ4v) is 21.4. The fraction of sp³-hybridized carbons (Fsp3) is 0.553. The first kappa shape index (κ1) is 74.7. The quantitative estimate of drug-likeness (QED) is 0.149. The lowest BCUT2D eigenvalue weighted by molar-refractivity contribution is -0.194. The van der Waals surface area contributed by atoms with Gasteiger partial charge in [-0.3, -0.25) is 0 Å². The Morgan fingerprint density at radius 1 is 0.276 bits per heavy atom. The molecule has 14 unspecified atom stereocenters. The van der Waals surface area contributed by atoms with Crippen molar-refractivity contribution < 1.29 is 17.9 Å². The third kappa shape index (κ3) is 11.0. The van der Waals surface area contributed by atoms with Gasteiger partial charge in [0, 0.05) is 175 Å². The topological polar surface area (TPSA) is 31.9 Å². The van der Waals surface area contributed by atoms with E-state index < -0.39 is 24.4 Å². The van der Waals surface area contributed by atoms with Crippen LogP contribution in [0.15, 0.2) is 127 Å². The van der Waals surface area contributed by atoms with Gasteiger partial charge in [-0.2, -0.15) is 13.2 Å². The number of halogens is 3. The molecule has 0 saturated carbocycles. The average molecular weight is 1430 g/mol. The van der Waals surface area contributed by atoms with Crippen LogP contribution in [0.25, 0.3) is 0 Å². The summed E-state index contributed by atoms with van der Waals surface area (Å²) in [4.78, 5) is 17.5. The lowest BCUT2D eigenvalue weighted by Crippen LogP contribution is -2.53. The highest BCUT2D eigenvalue weighted by molar-refractivity contribution is 5.74. The van der Waals surface area contributed by atoms with Crippen LogP contribution in [0.4, 0.5) is 53.0 Å². The summed E-state index contributed by atoms with van der Waals surface area (Å²) in [5.74, 6) is 1.86. The molecule has 0 amide bonds. The Kier molecular flexibility index (Phi) is 17.6. The summed E-state index contributed by atoms with van der Waals surface area (Å²) >= 11 is 0. The zero-order chi connectivity index (χ0) is 76.5. The van der Waals surface area contributed by atoms with Crippen LogP contribution in [0.1, 0.15) is 265 Å². The maximum absolute atomic E-state index is 14.1. The molecule has 14 rings (SSSR count). The highest BCUT2D eigenvalue weighted by atomic mass is 19.4. The van der Waals surface area contributed by atoms with Crippen molar-refractivity contribution in [2.24, 2.45) is 41.4 Å². The van der Waals surface area contributed by atoms with Crippen LogP contribution in [0, 0.1) is 48.3 Å². The number of rotatable bonds is 8. The second-order valence-electron chi connectivity index (χ2n) is 38.2. The van der Waals surface area contributed by atoms with E-state index >= 15 is 0 Å². The number of hydrogen-bond acceptors (Lipinski definition) is 8. The molecule has 0 spiro atoms. The maximum Gasteiger partial charge on any atom is 0.411 e. The van der Waals surface area contributed by atoms with Gasteiger partial charge in [0.25, 0.3) is 0 Å². The summed E-state index contributed by atoms with van der Waals surface area (Å²) in [5, 5.41) is 0. The van der Waals surface area contributed by atoms with Crippen LogP contribution in [0.5, 0.6) is 0 Å². The lowest BCUT2D eigenvalue weighted by atomic mass is 9.63. The van der Waals surface area contributed by atoms with Gasteiger partial charge in [0.1, 0.15) is 6.61 Å². The summed E-state index contributed by atoms with van der Waals surface area (Å²) < 4.78 is 48.4. The number of fused-ring (bicyclic) bond motifs is 7. The zero-order valence-electron chi connectivity index (χ0n) is 69.1. The second-order valence-corrected chi connectivity index (χ2v) is 38.2. The summed E-state index contributed by atoms with van der Waals surface area (Å²) in [7, 11) is 15.9. The minimum Gasteiger partial charge on any atom is -0.369 e. The number of hydrogen-bond donors (Lipinski definition) is 0. The molecule has 0 aromatic heterocycles. The Hall–Kier alpha value is -7.11. The number of benzene rings is 7. The standard InChI is InChI=1S/C94H124F3N7O/c1-52-30-37-73-66(44-52)80(53(2)87(9,10)98(73)23)60-31-38-74-67(45-60)81(54(3)88(11,12)99(74)24)61-32-39-75-68(46-61)82(55(4)89(13,14)100(75)25)62-33-40-76-69(47-62)83(56(5)90(15,16)101(76)26)63-34-41-77-70(48-63)84(57(6)91(17,18)102(77)27)64-35-42-78-71(49-64)85(58(7)92(19,20)103(78)28)65-36-43-79-72(50-65)86(105-51-94(95,96)97)59(8)93(21,22)104(79)29/h30-50,53-59,80-86H,51H2,1-29H3. The highest BCUT2D eigenvalue weighted by Crippen LogP contribution is 2.61. The highest BCUT2D eigenvalue weighted by Gasteiger charge is 2.53. The molecule has 0 aliphatic carbocycles. The van der Waals surface area contributed by atoms with Gasteiger partial charge in [-0.15, -0.1) is 0 Å². The minimum absolute atomic E-state index is 0.0452. The van der Waals surface area contributed by atoms with Crippen LogP contribution in [0.2, 0.25) is 0 Å². The van der Waals surface area contributed by atoms with Crippen molar-refractivity contribution in [3.05, 3.63) is 205 Å². The molecule has 0 bridgehead atoms. The molecular formula is C94H124F3N7O. The molecule has 0 radical (unpaired) electrons. The Labute approximate surface area is 630 Å². The van der Waals surface area contributed by atoms with Gasteiger partial charge >= 0.3 is 6.18 Å². The van der Waals surface area contributed by atoms with Gasteiger partial charge in [-0.1, -0.05) is 139 Å². The van der Waals surface area contributed by atoms with Crippen molar-refractivity contribution in [3.63, 3.8) is 0 Å². The molecule has 0 N–H and O–H groups in total. The number of alkyl halides is 3. The summed E-state index contributed by atoms with van der Waals surface area (Å²) in [5.41, 5.74) is 25.6. The van der Waals surface area contributed by atoms with Crippen LogP contribution in [-0.4, -0.2) is 101 Å². The number of ether oxygens (including phenoxy) is 1. The smallest absolute Gasteiger partial charge is 0.369 e. The van der Waals surface area contributed by atoms with E-state index in [2.05, 4.69) is 356 Å². The molecule has 7 aliphatic rings. The van der Waals surface area contributed by atoms with Gasteiger partial charge in [-0.05, 0) is 249 Å². The molecule has 7 aromatic carbocycles. The van der Waals surface area contributed by atoms with Gasteiger partial charge in [0.05, 0.1) is 6.10 Å². The predicted molar refractivity (Wildman–Crippen MR) is 437 cm³/mol. The lowest BCUT2D eigenvalue weighted by Gasteiger charge is -2.54. The van der Waals surface area contributed by atoms with Gasteiger partial charge in [0.15, 0.2) is 0 Å². The number of aryl methyl sites for hydroxylation is 1. The van der Waals surface area contributed by atoms with Crippen LogP contribution < -0.4 is 34.3 Å². The Bertz CT molecular complexity index is 4570. The molecule has 14 atom stereocenters. The van der Waals surface area contributed by atoms with Crippen molar-refractivity contribution >= 4 is 39.8 Å². The number of anilines is 7. The molecule has 7 heterocycles. The fourth-order valence-electron chi connectivity index (χ4n) is 21.4. The van der Waals surface area contributed by atoms with Crippen LogP contribution in [-0.2, 0) is 4.74 Å². The van der Waals surface area contributed by atoms with Crippen molar-refractivity contribution in [2.75, 3.05) is 90.2 Å². The first-order chi connectivity index (χ1) is 48.7. The van der Waals surface area contributed by atoms with Gasteiger partial charge < -0.3 is 39.0 Å². The summed E-state index contributed by atoms with van der Waals surface area (Å²) in [6.07, 6.45) is -5.18. The predicted octanol–water partition coefficient (Wildman–Crippen LogP) is 22.5. The first-order valence-electron chi connectivity index (χ1n) is 39.5. The monoisotopic (exact) mass is 1420 g/mol. The molecular weight excluding hydrogens is 1300 g/mol. The van der Waals surface area contributed by atoms with Crippen LogP contribution >= 0.6 is 0 Å². The van der Waals surface area contributed by atoms with Crippen molar-refractivity contribution in [1.29, 1.82) is 0 Å². The molecule has 0 fully saturated rings. The molecule has 8 nitrogen and oxygen atoms in total. The maximum atomic E-state index is 14.1. The van der Waals surface area contributed by atoms with Crippen molar-refractivity contribution in [1.82, 2.24) is 0 Å². The van der Waals surface area contributed by atoms with Crippen molar-refractivity contribution in [3.8, 4) is 0 Å². The largest absolute Gasteiger partial charge is 0.411 e. The molecule has 7 aromatic rings. The van der Waals surface area contributed by atoms with Crippen molar-refractivity contribution in [2.45, 2.75) is 239 Å². The zero-order valence-corrected chi connectivity index (χ0v) is 69.1. The third-order valence-corrected chi connectivity index (χ3v) is 32.2. The van der Waals surface area contributed by atoms with Gasteiger partial charge in [0.2, 0.25) is 0 Å². The summed E-state index contributed by atoms with van der Waals surface area (Å²) in [6.45, 7) is 51.1. The number of nitrogens with zero attached hydrogens (tertiary/aromatic N) is 7. The Balaban J connectivity index is 0.888. The Morgan fingerprint density at radius 3 is 0.676 bits per heavy atom. The minimum atomic E-state index is -4.45. The molecule has 0 saturated heterocycles. The molecule has 105 heavy (non-hydrogen) atoms. The van der Waals surface area contributed by atoms with E-state index in [9.17, 15) is 13.2 Å². The van der Waals surface area contributed by atoms with E-state index in [1.165, 1.54) is 101 Å². The third-order valence-electron chi connectivity index (χ3n) is 32.2. The van der Waals surface area contributed by atoms with E-state index in [4.69, 9.17) is 4.74 Å². The SMILES string of the molecule is Cc1ccc2c(c1)C(c1ccc3c(c1)C(c1ccc4c(c1)C(c1ccc5c(c1)C(c1ccc6c(c1)C(c1ccc7c(c1)C(c1ccc8c(c1)C(OCC(F)(F)F)C(C)C(C)(C)N8C)C(C)C(C)(C)N7C)C(C)C(C)(C)N6C)C(C)C(C)(C)N5C)C(C)C(C)(C)N4C)C(C)C(C)(C)N3C)C(C)C(C)(C)N2C. The summed E-state index contributed by atoms with van der Waals surface area (Å²) in [6, 6.07) is 51.5. The molecule has 562 valence electrons. The first-order valence-corrected chi connectivity index (χ1v) is 39.5. The van der Waals surface area contributed by atoms with E-state index in [0.717, 1.165) is 16.8 Å². The molecule has 11 heteroatoms. The average Bonchev–Trinajstić information content (AvgIpc) is 0.726. The van der Waals surface area contributed by atoms with E-state index in [1.54, 1.807) is 0 Å². The Morgan fingerprint density at radius 2 is 0.457 bits per heavy atom. The van der Waals surface area contributed by atoms with Gasteiger partial charge in [-0.25, -0.2) is 0 Å². The van der Waals surface area contributed by atoms with Crippen LogP contribution in [0.3, 0.4) is 0 Å². The van der Waals surface area contributed by atoms with E-state index in [-0.39, 0.29) is 98.3 Å².